The highest BCUT2D eigenvalue weighted by Crippen LogP contribution is 2.50. The number of nitrogens with zero attached hydrogens (tertiary/aromatic N) is 1. The summed E-state index contributed by atoms with van der Waals surface area (Å²) in [6.07, 6.45) is 0. The molecule has 0 aliphatic heterocycles. The summed E-state index contributed by atoms with van der Waals surface area (Å²) in [5.41, 5.74) is 20.9. The van der Waals surface area contributed by atoms with Gasteiger partial charge < -0.3 is 4.90 Å². The van der Waals surface area contributed by atoms with Crippen LogP contribution in [0, 0.1) is 13.8 Å². The van der Waals surface area contributed by atoms with Crippen LogP contribution in [-0.2, 0) is 0 Å². The van der Waals surface area contributed by atoms with Crippen molar-refractivity contribution in [2.45, 2.75) is 13.8 Å². The molecule has 11 rings (SSSR count). The first kappa shape index (κ1) is 34.7. The van der Waals surface area contributed by atoms with E-state index in [2.05, 4.69) is 231 Å². The molecule has 0 atom stereocenters. The second kappa shape index (κ2) is 14.2. The maximum absolute atomic E-state index is 2.45. The number of hydrogen-bond acceptors (Lipinski definition) is 1. The maximum Gasteiger partial charge on any atom is 0.0462 e. The van der Waals surface area contributed by atoms with Crippen molar-refractivity contribution in [2.75, 3.05) is 4.90 Å². The van der Waals surface area contributed by atoms with Crippen molar-refractivity contribution >= 4 is 38.6 Å². The Labute approximate surface area is 346 Å². The third-order valence-electron chi connectivity index (χ3n) is 12.2. The van der Waals surface area contributed by atoms with Gasteiger partial charge in [0.25, 0.3) is 0 Å². The van der Waals surface area contributed by atoms with Gasteiger partial charge in [-0.1, -0.05) is 181 Å². The Balaban J connectivity index is 1.10. The van der Waals surface area contributed by atoms with Crippen molar-refractivity contribution in [1.29, 1.82) is 0 Å². The Morgan fingerprint density at radius 1 is 0.254 bits per heavy atom. The lowest BCUT2D eigenvalue weighted by Gasteiger charge is -2.26. The zero-order valence-corrected chi connectivity index (χ0v) is 33.2. The van der Waals surface area contributed by atoms with Crippen molar-refractivity contribution < 1.29 is 0 Å². The molecule has 1 aliphatic carbocycles. The standard InChI is InChI=1S/C58H41N/c1-38-23-30-42(31-24-38)59(43-32-25-39(2)26-33-43)44-34-27-40(28-35-44)57-52-19-9-11-21-54(52)58(55-22-12-10-20-53(55)57)41-29-36-51-49-17-6-5-15-47(49)45-13-3-4-14-46(45)48-16-7-8-18-50(48)56(51)37-41/h3-37H,1-2H3. The van der Waals surface area contributed by atoms with Gasteiger partial charge in [0.15, 0.2) is 0 Å². The van der Waals surface area contributed by atoms with E-state index >= 15 is 0 Å². The van der Waals surface area contributed by atoms with Gasteiger partial charge >= 0.3 is 0 Å². The molecule has 10 aromatic rings. The van der Waals surface area contributed by atoms with Gasteiger partial charge in [-0.2, -0.15) is 0 Å². The van der Waals surface area contributed by atoms with E-state index in [1.54, 1.807) is 0 Å². The molecule has 1 nitrogen and oxygen atoms in total. The molecule has 0 unspecified atom stereocenters. The zero-order chi connectivity index (χ0) is 39.5. The summed E-state index contributed by atoms with van der Waals surface area (Å²) in [4.78, 5) is 2.34. The number of aryl methyl sites for hydroxylation is 2. The number of fused-ring (bicyclic) bond motifs is 10. The molecule has 0 heterocycles. The van der Waals surface area contributed by atoms with Gasteiger partial charge in [-0.05, 0) is 145 Å². The van der Waals surface area contributed by atoms with Crippen LogP contribution < -0.4 is 4.90 Å². The fourth-order valence-corrected chi connectivity index (χ4v) is 9.38. The molecule has 0 saturated heterocycles. The van der Waals surface area contributed by atoms with Gasteiger partial charge in [-0.25, -0.2) is 0 Å². The van der Waals surface area contributed by atoms with Gasteiger partial charge in [-0.3, -0.25) is 0 Å². The van der Waals surface area contributed by atoms with E-state index in [9.17, 15) is 0 Å². The molecule has 1 aliphatic rings. The Kier molecular flexibility index (Phi) is 8.34. The molecule has 0 saturated carbocycles. The van der Waals surface area contributed by atoms with E-state index in [1.807, 2.05) is 0 Å². The van der Waals surface area contributed by atoms with Crippen LogP contribution in [0.4, 0.5) is 17.1 Å². The molecule has 0 spiro atoms. The van der Waals surface area contributed by atoms with Crippen LogP contribution in [0.5, 0.6) is 0 Å². The highest BCUT2D eigenvalue weighted by atomic mass is 15.1. The minimum absolute atomic E-state index is 1.12. The Morgan fingerprint density at radius 3 is 0.932 bits per heavy atom. The lowest BCUT2D eigenvalue weighted by atomic mass is 9.79. The minimum atomic E-state index is 1.12. The Morgan fingerprint density at radius 2 is 0.542 bits per heavy atom. The molecule has 0 fully saturated rings. The van der Waals surface area contributed by atoms with Crippen molar-refractivity contribution in [1.82, 2.24) is 0 Å². The van der Waals surface area contributed by atoms with E-state index in [1.165, 1.54) is 99.4 Å². The molecule has 0 radical (unpaired) electrons. The van der Waals surface area contributed by atoms with Gasteiger partial charge in [0.2, 0.25) is 0 Å². The SMILES string of the molecule is Cc1ccc(N(c2ccc(C)cc2)c2ccc(-c3c4ccccc4c(-c4ccc5c(c4)-c4ccccc4-c4ccccc4-c4ccccc4-5)c4ccccc34)cc2)cc1. The lowest BCUT2D eigenvalue weighted by molar-refractivity contribution is 1.27. The lowest BCUT2D eigenvalue weighted by Crippen LogP contribution is -2.09. The number of hydrogen-bond donors (Lipinski definition) is 0. The van der Waals surface area contributed by atoms with E-state index in [0.717, 1.165) is 17.1 Å². The Hall–Kier alpha value is -7.48. The summed E-state index contributed by atoms with van der Waals surface area (Å²) in [5, 5.41) is 4.98. The van der Waals surface area contributed by atoms with Gasteiger partial charge in [0, 0.05) is 17.1 Å². The largest absolute Gasteiger partial charge is 0.311 e. The van der Waals surface area contributed by atoms with Gasteiger partial charge in [-0.15, -0.1) is 0 Å². The van der Waals surface area contributed by atoms with Crippen molar-refractivity contribution in [3.63, 3.8) is 0 Å². The minimum Gasteiger partial charge on any atom is -0.311 e. The third kappa shape index (κ3) is 5.86. The molecular formula is C58H41N. The summed E-state index contributed by atoms with van der Waals surface area (Å²) in [6, 6.07) is 78.5. The molecular weight excluding hydrogens is 711 g/mol. The molecule has 0 N–H and O–H groups in total. The van der Waals surface area contributed by atoms with E-state index in [4.69, 9.17) is 0 Å². The van der Waals surface area contributed by atoms with Crippen LogP contribution in [-0.4, -0.2) is 0 Å². The monoisotopic (exact) mass is 751 g/mol. The quantitative estimate of drug-likeness (QED) is 0.158. The molecule has 59 heavy (non-hydrogen) atoms. The first-order valence-corrected chi connectivity index (χ1v) is 20.5. The summed E-state index contributed by atoms with van der Waals surface area (Å²) < 4.78 is 0. The fraction of sp³-hybridized carbons (Fsp3) is 0.0345. The van der Waals surface area contributed by atoms with E-state index in [0.29, 0.717) is 0 Å². The highest BCUT2D eigenvalue weighted by molar-refractivity contribution is 6.22. The first-order chi connectivity index (χ1) is 29.1. The number of anilines is 3. The van der Waals surface area contributed by atoms with Crippen molar-refractivity contribution in [2.24, 2.45) is 0 Å². The normalized spacial score (nSPS) is 11.6. The predicted molar refractivity (Wildman–Crippen MR) is 252 cm³/mol. The first-order valence-electron chi connectivity index (χ1n) is 20.5. The van der Waals surface area contributed by atoms with E-state index < -0.39 is 0 Å². The third-order valence-corrected chi connectivity index (χ3v) is 12.2. The Bertz CT molecular complexity index is 3100. The van der Waals surface area contributed by atoms with Gasteiger partial charge in [0.1, 0.15) is 0 Å². The van der Waals surface area contributed by atoms with Crippen LogP contribution >= 0.6 is 0 Å². The summed E-state index contributed by atoms with van der Waals surface area (Å²) >= 11 is 0. The van der Waals surface area contributed by atoms with Crippen LogP contribution in [0.15, 0.2) is 212 Å². The molecule has 0 bridgehead atoms. The average Bonchev–Trinajstić information content (AvgIpc) is 3.29. The average molecular weight is 752 g/mol. The molecule has 0 aromatic heterocycles. The van der Waals surface area contributed by atoms with Crippen LogP contribution in [0.1, 0.15) is 11.1 Å². The van der Waals surface area contributed by atoms with Crippen LogP contribution in [0.2, 0.25) is 0 Å². The van der Waals surface area contributed by atoms with Gasteiger partial charge in [0.05, 0.1) is 0 Å². The molecule has 10 aromatic carbocycles. The molecule has 278 valence electrons. The van der Waals surface area contributed by atoms with E-state index in [-0.39, 0.29) is 0 Å². The topological polar surface area (TPSA) is 3.24 Å². The second-order valence-electron chi connectivity index (χ2n) is 15.8. The van der Waals surface area contributed by atoms with Crippen LogP contribution in [0.25, 0.3) is 88.3 Å². The number of rotatable bonds is 5. The zero-order valence-electron chi connectivity index (χ0n) is 33.2. The smallest absolute Gasteiger partial charge is 0.0462 e. The second-order valence-corrected chi connectivity index (χ2v) is 15.8. The predicted octanol–water partition coefficient (Wildman–Crippen LogP) is 16.4. The molecule has 0 amide bonds. The molecule has 1 heteroatoms. The van der Waals surface area contributed by atoms with Crippen molar-refractivity contribution in [3.8, 4) is 66.8 Å². The summed E-state index contributed by atoms with van der Waals surface area (Å²) in [6.45, 7) is 4.28. The summed E-state index contributed by atoms with van der Waals surface area (Å²) in [5.74, 6) is 0. The summed E-state index contributed by atoms with van der Waals surface area (Å²) in [7, 11) is 0. The highest BCUT2D eigenvalue weighted by Gasteiger charge is 2.24. The number of benzene rings is 10. The fourth-order valence-electron chi connectivity index (χ4n) is 9.38. The maximum atomic E-state index is 2.45. The van der Waals surface area contributed by atoms with Crippen LogP contribution in [0.3, 0.4) is 0 Å². The van der Waals surface area contributed by atoms with Crippen molar-refractivity contribution in [3.05, 3.63) is 223 Å².